The quantitative estimate of drug-likeness (QED) is 0.228. The third-order valence-electron chi connectivity index (χ3n) is 8.74. The average Bonchev–Trinajstić information content (AvgIpc) is 3.47. The topological polar surface area (TPSA) is 3.24 Å². The van der Waals surface area contributed by atoms with E-state index in [9.17, 15) is 0 Å². The maximum atomic E-state index is 2.65. The van der Waals surface area contributed by atoms with E-state index in [4.69, 9.17) is 0 Å². The van der Waals surface area contributed by atoms with Gasteiger partial charge in [-0.2, -0.15) is 0 Å². The standard InChI is InChI=1S/C34H23N/c1-3-10-26-21(7-1)18-29-28(26)14-15-31-30(29)19-24-9-5-8-23-17-25-13-12-22-16-20-6-2-4-11-27(20)32(22)34(25)35(31)33(23)24/h1-15H,16-19H2. The number of rotatable bonds is 0. The fourth-order valence-electron chi connectivity index (χ4n) is 7.28. The van der Waals surface area contributed by atoms with Crippen molar-refractivity contribution in [3.63, 3.8) is 0 Å². The molecule has 0 saturated carbocycles. The van der Waals surface area contributed by atoms with Crippen molar-refractivity contribution in [2.45, 2.75) is 25.7 Å². The van der Waals surface area contributed by atoms with Crippen molar-refractivity contribution < 1.29 is 0 Å². The minimum absolute atomic E-state index is 1.01. The van der Waals surface area contributed by atoms with Gasteiger partial charge >= 0.3 is 0 Å². The lowest BCUT2D eigenvalue weighted by molar-refractivity contribution is 0.997. The third kappa shape index (κ3) is 2.24. The van der Waals surface area contributed by atoms with Gasteiger partial charge in [0.25, 0.3) is 0 Å². The zero-order valence-electron chi connectivity index (χ0n) is 19.4. The van der Waals surface area contributed by atoms with Crippen LogP contribution in [0.2, 0.25) is 0 Å². The monoisotopic (exact) mass is 445 g/mol. The summed E-state index contributed by atoms with van der Waals surface area (Å²) in [6, 6.07) is 34.5. The zero-order chi connectivity index (χ0) is 22.7. The number of para-hydroxylation sites is 1. The molecule has 1 nitrogen and oxygen atoms in total. The highest BCUT2D eigenvalue weighted by atomic mass is 15.2. The molecule has 0 amide bonds. The van der Waals surface area contributed by atoms with Crippen molar-refractivity contribution in [1.82, 2.24) is 0 Å². The van der Waals surface area contributed by atoms with Crippen LogP contribution in [0.15, 0.2) is 91.0 Å². The normalized spacial score (nSPS) is 14.9. The lowest BCUT2D eigenvalue weighted by atomic mass is 9.82. The van der Waals surface area contributed by atoms with E-state index < -0.39 is 0 Å². The molecule has 2 aliphatic heterocycles. The number of anilines is 3. The Morgan fingerprint density at radius 1 is 0.400 bits per heavy atom. The number of benzene rings is 5. The van der Waals surface area contributed by atoms with Crippen molar-refractivity contribution in [2.75, 3.05) is 4.90 Å². The van der Waals surface area contributed by atoms with E-state index in [1.807, 2.05) is 0 Å². The Morgan fingerprint density at radius 2 is 1.03 bits per heavy atom. The maximum Gasteiger partial charge on any atom is 0.0578 e. The summed E-state index contributed by atoms with van der Waals surface area (Å²) < 4.78 is 0. The molecule has 2 aliphatic carbocycles. The second-order valence-corrected chi connectivity index (χ2v) is 10.5. The molecular weight excluding hydrogens is 422 g/mol. The van der Waals surface area contributed by atoms with Crippen LogP contribution in [0, 0.1) is 0 Å². The van der Waals surface area contributed by atoms with Crippen LogP contribution in [-0.4, -0.2) is 0 Å². The molecule has 0 saturated heterocycles. The Kier molecular flexibility index (Phi) is 3.29. The molecule has 0 radical (unpaired) electrons. The van der Waals surface area contributed by atoms with Gasteiger partial charge in [0.2, 0.25) is 0 Å². The lowest BCUT2D eigenvalue weighted by Crippen LogP contribution is -2.26. The van der Waals surface area contributed by atoms with E-state index in [1.54, 1.807) is 0 Å². The summed E-state index contributed by atoms with van der Waals surface area (Å²) in [4.78, 5) is 2.65. The van der Waals surface area contributed by atoms with Gasteiger partial charge in [-0.1, -0.05) is 84.9 Å². The molecule has 5 aromatic carbocycles. The molecule has 0 spiro atoms. The fourth-order valence-corrected chi connectivity index (χ4v) is 7.28. The molecule has 9 rings (SSSR count). The van der Waals surface area contributed by atoms with Crippen molar-refractivity contribution in [2.24, 2.45) is 0 Å². The van der Waals surface area contributed by atoms with Crippen LogP contribution in [0.1, 0.15) is 44.5 Å². The molecule has 4 aliphatic rings. The van der Waals surface area contributed by atoms with Gasteiger partial charge < -0.3 is 4.90 Å². The Labute approximate surface area is 205 Å². The molecule has 2 heterocycles. The van der Waals surface area contributed by atoms with E-state index in [-0.39, 0.29) is 0 Å². The molecule has 0 unspecified atom stereocenters. The predicted molar refractivity (Wildman–Crippen MR) is 143 cm³/mol. The van der Waals surface area contributed by atoms with Crippen LogP contribution in [-0.2, 0) is 25.7 Å². The van der Waals surface area contributed by atoms with E-state index in [2.05, 4.69) is 95.9 Å². The minimum atomic E-state index is 1.01. The average molecular weight is 446 g/mol. The van der Waals surface area contributed by atoms with Gasteiger partial charge in [-0.3, -0.25) is 0 Å². The second-order valence-electron chi connectivity index (χ2n) is 10.5. The van der Waals surface area contributed by atoms with Gasteiger partial charge in [-0.15, -0.1) is 0 Å². The Hall–Kier alpha value is -4.10. The molecule has 0 N–H and O–H groups in total. The number of fused-ring (bicyclic) bond motifs is 12. The largest absolute Gasteiger partial charge is 0.309 e. The summed E-state index contributed by atoms with van der Waals surface area (Å²) in [7, 11) is 0. The van der Waals surface area contributed by atoms with Gasteiger partial charge in [0.15, 0.2) is 0 Å². The highest BCUT2D eigenvalue weighted by Gasteiger charge is 2.37. The molecular formula is C34H23N. The zero-order valence-corrected chi connectivity index (χ0v) is 19.4. The van der Waals surface area contributed by atoms with Crippen molar-refractivity contribution in [1.29, 1.82) is 0 Å². The number of hydrogen-bond acceptors (Lipinski definition) is 1. The summed E-state index contributed by atoms with van der Waals surface area (Å²) in [5.74, 6) is 0. The molecule has 0 atom stereocenters. The minimum Gasteiger partial charge on any atom is -0.309 e. The van der Waals surface area contributed by atoms with E-state index in [0.717, 1.165) is 25.7 Å². The first kappa shape index (κ1) is 18.3. The summed E-state index contributed by atoms with van der Waals surface area (Å²) >= 11 is 0. The molecule has 0 fully saturated rings. The SMILES string of the molecule is c1ccc2c(c1)Cc1c-2ccc2c1Cc1cccc3c1N2c1c(ccc2c1-c1ccccc1C2)C3. The van der Waals surface area contributed by atoms with E-state index in [1.165, 1.54) is 83.8 Å². The second kappa shape index (κ2) is 6.31. The molecule has 35 heavy (non-hydrogen) atoms. The van der Waals surface area contributed by atoms with Gasteiger partial charge in [0.05, 0.1) is 17.1 Å². The summed E-state index contributed by atoms with van der Waals surface area (Å²) in [6.45, 7) is 0. The first-order valence-electron chi connectivity index (χ1n) is 12.7. The van der Waals surface area contributed by atoms with Gasteiger partial charge in [-0.25, -0.2) is 0 Å². The van der Waals surface area contributed by atoms with Crippen LogP contribution in [0.5, 0.6) is 0 Å². The Balaban J connectivity index is 1.36. The van der Waals surface area contributed by atoms with Gasteiger partial charge in [0, 0.05) is 18.4 Å². The van der Waals surface area contributed by atoms with E-state index >= 15 is 0 Å². The van der Waals surface area contributed by atoms with Crippen LogP contribution < -0.4 is 4.90 Å². The highest BCUT2D eigenvalue weighted by Crippen LogP contribution is 2.57. The fraction of sp³-hybridized carbons (Fsp3) is 0.118. The van der Waals surface area contributed by atoms with Gasteiger partial charge in [0.1, 0.15) is 0 Å². The molecule has 0 bridgehead atoms. The summed E-state index contributed by atoms with van der Waals surface area (Å²) in [6.07, 6.45) is 4.11. The number of nitrogens with zero attached hydrogens (tertiary/aromatic N) is 1. The molecule has 5 aromatic rings. The summed E-state index contributed by atoms with van der Waals surface area (Å²) in [5, 5.41) is 0. The van der Waals surface area contributed by atoms with Crippen molar-refractivity contribution >= 4 is 17.1 Å². The van der Waals surface area contributed by atoms with E-state index in [0.29, 0.717) is 0 Å². The highest BCUT2D eigenvalue weighted by molar-refractivity contribution is 6.00. The first-order chi connectivity index (χ1) is 17.3. The smallest absolute Gasteiger partial charge is 0.0578 e. The first-order valence-corrected chi connectivity index (χ1v) is 12.7. The van der Waals surface area contributed by atoms with Crippen LogP contribution in [0.4, 0.5) is 17.1 Å². The molecule has 164 valence electrons. The predicted octanol–water partition coefficient (Wildman–Crippen LogP) is 8.11. The molecule has 1 heteroatoms. The Bertz CT molecular complexity index is 1760. The number of hydrogen-bond donors (Lipinski definition) is 0. The summed E-state index contributed by atoms with van der Waals surface area (Å²) in [5.41, 5.74) is 21.7. The Morgan fingerprint density at radius 3 is 1.91 bits per heavy atom. The maximum absolute atomic E-state index is 2.65. The van der Waals surface area contributed by atoms with Crippen LogP contribution >= 0.6 is 0 Å². The van der Waals surface area contributed by atoms with Crippen LogP contribution in [0.25, 0.3) is 22.3 Å². The van der Waals surface area contributed by atoms with Crippen LogP contribution in [0.3, 0.4) is 0 Å². The van der Waals surface area contributed by atoms with Crippen molar-refractivity contribution in [3.05, 3.63) is 136 Å². The lowest BCUT2D eigenvalue weighted by Gasteiger charge is -2.41. The molecule has 0 aromatic heterocycles. The third-order valence-corrected chi connectivity index (χ3v) is 8.74. The van der Waals surface area contributed by atoms with Gasteiger partial charge in [-0.05, 0) is 80.1 Å². The van der Waals surface area contributed by atoms with Crippen molar-refractivity contribution in [3.8, 4) is 22.3 Å².